The van der Waals surface area contributed by atoms with E-state index in [0.29, 0.717) is 6.54 Å². The summed E-state index contributed by atoms with van der Waals surface area (Å²) in [5.41, 5.74) is 5.39. The van der Waals surface area contributed by atoms with Crippen LogP contribution in [0.2, 0.25) is 0 Å². The summed E-state index contributed by atoms with van der Waals surface area (Å²) in [6.45, 7) is 2.37. The number of methoxy groups -OCH3 is 3. The quantitative estimate of drug-likeness (QED) is 0.510. The molecule has 4 heteroatoms. The molecule has 0 bridgehead atoms. The second-order valence-electron chi connectivity index (χ2n) is 2.92. The lowest BCUT2D eigenvalue weighted by Gasteiger charge is -2.23. The minimum Gasteiger partial charge on any atom is -0.499 e. The van der Waals surface area contributed by atoms with Crippen molar-refractivity contribution in [2.75, 3.05) is 27.9 Å². The Bertz CT molecular complexity index is 214. The Hall–Kier alpha value is -0.840. The van der Waals surface area contributed by atoms with Gasteiger partial charge in [-0.1, -0.05) is 12.2 Å². The van der Waals surface area contributed by atoms with Crippen LogP contribution in [0.1, 0.15) is 6.92 Å². The van der Waals surface area contributed by atoms with Gasteiger partial charge in [-0.3, -0.25) is 0 Å². The van der Waals surface area contributed by atoms with Crippen LogP contribution in [0.15, 0.2) is 24.0 Å². The number of ether oxygens (including phenoxy) is 3. The lowest BCUT2D eigenvalue weighted by atomic mass is 10.1. The molecule has 15 heavy (non-hydrogen) atoms. The van der Waals surface area contributed by atoms with Crippen molar-refractivity contribution in [1.29, 1.82) is 0 Å². The van der Waals surface area contributed by atoms with Gasteiger partial charge in [0.2, 0.25) is 0 Å². The van der Waals surface area contributed by atoms with Gasteiger partial charge in [0.1, 0.15) is 18.0 Å². The minimum atomic E-state index is -0.243. The van der Waals surface area contributed by atoms with E-state index in [1.54, 1.807) is 21.3 Å². The van der Waals surface area contributed by atoms with Gasteiger partial charge in [-0.15, -0.1) is 0 Å². The molecule has 0 saturated heterocycles. The number of nitrogens with two attached hydrogens (primary N) is 1. The summed E-state index contributed by atoms with van der Waals surface area (Å²) in [5, 5.41) is 0. The molecule has 0 aromatic rings. The van der Waals surface area contributed by atoms with Crippen LogP contribution >= 0.6 is 0 Å². The standard InChI is InChI=1S/C11H21NO3/c1-5-9(13-2)11(15-4)10(14-3)7-6-8-12/h5-7,10-11H,8,12H2,1-4H3/b7-6+,9-5+. The van der Waals surface area contributed by atoms with Crippen LogP contribution in [-0.4, -0.2) is 40.1 Å². The van der Waals surface area contributed by atoms with E-state index in [0.717, 1.165) is 5.76 Å². The van der Waals surface area contributed by atoms with Crippen LogP contribution in [0.3, 0.4) is 0 Å². The zero-order valence-electron chi connectivity index (χ0n) is 9.90. The fourth-order valence-electron chi connectivity index (χ4n) is 1.33. The molecule has 0 aromatic carbocycles. The third kappa shape index (κ3) is 4.46. The van der Waals surface area contributed by atoms with Crippen molar-refractivity contribution in [1.82, 2.24) is 0 Å². The van der Waals surface area contributed by atoms with Crippen molar-refractivity contribution < 1.29 is 14.2 Å². The molecule has 0 spiro atoms. The summed E-state index contributed by atoms with van der Waals surface area (Å²) in [6, 6.07) is 0. The third-order valence-electron chi connectivity index (χ3n) is 2.09. The van der Waals surface area contributed by atoms with E-state index < -0.39 is 0 Å². The van der Waals surface area contributed by atoms with E-state index in [-0.39, 0.29) is 12.2 Å². The summed E-state index contributed by atoms with van der Waals surface area (Å²) >= 11 is 0. The lowest BCUT2D eigenvalue weighted by Crippen LogP contribution is -2.31. The smallest absolute Gasteiger partial charge is 0.143 e. The molecule has 0 fully saturated rings. The first-order chi connectivity index (χ1) is 7.24. The molecule has 88 valence electrons. The fourth-order valence-corrected chi connectivity index (χ4v) is 1.33. The Balaban J connectivity index is 4.66. The Kier molecular flexibility index (Phi) is 7.99. The highest BCUT2D eigenvalue weighted by molar-refractivity contribution is 5.08. The van der Waals surface area contributed by atoms with Gasteiger partial charge in [0.05, 0.1) is 7.11 Å². The van der Waals surface area contributed by atoms with Crippen molar-refractivity contribution in [2.24, 2.45) is 5.73 Å². The predicted molar refractivity (Wildman–Crippen MR) is 60.6 cm³/mol. The van der Waals surface area contributed by atoms with Gasteiger partial charge in [0.15, 0.2) is 0 Å². The third-order valence-corrected chi connectivity index (χ3v) is 2.09. The number of hydrogen-bond acceptors (Lipinski definition) is 4. The zero-order chi connectivity index (χ0) is 11.7. The van der Waals surface area contributed by atoms with Crippen LogP contribution in [0.5, 0.6) is 0 Å². The molecule has 2 atom stereocenters. The number of rotatable bonds is 7. The average molecular weight is 215 g/mol. The molecular formula is C11H21NO3. The summed E-state index contributed by atoms with van der Waals surface area (Å²) in [7, 11) is 4.86. The molecule has 0 heterocycles. The van der Waals surface area contributed by atoms with Crippen molar-refractivity contribution in [3.8, 4) is 0 Å². The van der Waals surface area contributed by atoms with Crippen molar-refractivity contribution in [3.05, 3.63) is 24.0 Å². The molecule has 2 N–H and O–H groups in total. The van der Waals surface area contributed by atoms with Gasteiger partial charge in [0, 0.05) is 20.8 Å². The minimum absolute atomic E-state index is 0.190. The molecule has 0 aliphatic carbocycles. The maximum absolute atomic E-state index is 5.39. The molecule has 0 radical (unpaired) electrons. The van der Waals surface area contributed by atoms with E-state index in [2.05, 4.69) is 0 Å². The normalized spacial score (nSPS) is 16.7. The van der Waals surface area contributed by atoms with Crippen LogP contribution in [-0.2, 0) is 14.2 Å². The van der Waals surface area contributed by atoms with Gasteiger partial charge < -0.3 is 19.9 Å². The maximum Gasteiger partial charge on any atom is 0.143 e. The highest BCUT2D eigenvalue weighted by Crippen LogP contribution is 2.14. The zero-order valence-corrected chi connectivity index (χ0v) is 9.90. The topological polar surface area (TPSA) is 53.7 Å². The average Bonchev–Trinajstić information content (AvgIpc) is 2.28. The molecule has 0 amide bonds. The SMILES string of the molecule is C/C=C(/OC)C(OC)C(/C=C/CN)OC. The van der Waals surface area contributed by atoms with Gasteiger partial charge in [0.25, 0.3) is 0 Å². The van der Waals surface area contributed by atoms with E-state index in [4.69, 9.17) is 19.9 Å². The molecule has 0 aliphatic rings. The Morgan fingerprint density at radius 3 is 2.27 bits per heavy atom. The van der Waals surface area contributed by atoms with Gasteiger partial charge in [-0.05, 0) is 13.0 Å². The van der Waals surface area contributed by atoms with Crippen LogP contribution in [0.4, 0.5) is 0 Å². The molecule has 0 rings (SSSR count). The second kappa shape index (κ2) is 8.47. The number of allylic oxidation sites excluding steroid dienone is 1. The van der Waals surface area contributed by atoms with Crippen molar-refractivity contribution >= 4 is 0 Å². The van der Waals surface area contributed by atoms with E-state index >= 15 is 0 Å². The predicted octanol–water partition coefficient (Wildman–Crippen LogP) is 1.08. The highest BCUT2D eigenvalue weighted by atomic mass is 16.6. The summed E-state index contributed by atoms with van der Waals surface area (Å²) in [6.07, 6.45) is 5.13. The second-order valence-corrected chi connectivity index (χ2v) is 2.92. The monoisotopic (exact) mass is 215 g/mol. The maximum atomic E-state index is 5.39. The van der Waals surface area contributed by atoms with Crippen LogP contribution < -0.4 is 5.73 Å². The van der Waals surface area contributed by atoms with E-state index in [1.165, 1.54) is 0 Å². The Labute approximate surface area is 91.7 Å². The van der Waals surface area contributed by atoms with E-state index in [1.807, 2.05) is 25.2 Å². The summed E-state index contributed by atoms with van der Waals surface area (Å²) in [5.74, 6) is 0.742. The van der Waals surface area contributed by atoms with Crippen LogP contribution in [0, 0.1) is 0 Å². The largest absolute Gasteiger partial charge is 0.499 e. The first-order valence-corrected chi connectivity index (χ1v) is 4.87. The molecule has 0 aliphatic heterocycles. The van der Waals surface area contributed by atoms with Gasteiger partial charge in [-0.2, -0.15) is 0 Å². The fraction of sp³-hybridized carbons (Fsp3) is 0.636. The molecule has 0 saturated carbocycles. The van der Waals surface area contributed by atoms with Crippen molar-refractivity contribution in [2.45, 2.75) is 19.1 Å². The van der Waals surface area contributed by atoms with Crippen molar-refractivity contribution in [3.63, 3.8) is 0 Å². The highest BCUT2D eigenvalue weighted by Gasteiger charge is 2.22. The summed E-state index contributed by atoms with van der Waals surface area (Å²) < 4.78 is 15.8. The van der Waals surface area contributed by atoms with Gasteiger partial charge in [-0.25, -0.2) is 0 Å². The van der Waals surface area contributed by atoms with Gasteiger partial charge >= 0.3 is 0 Å². The first kappa shape index (κ1) is 14.2. The first-order valence-electron chi connectivity index (χ1n) is 4.87. The molecular weight excluding hydrogens is 194 g/mol. The molecule has 2 unspecified atom stereocenters. The molecule has 4 nitrogen and oxygen atoms in total. The van der Waals surface area contributed by atoms with E-state index in [9.17, 15) is 0 Å². The van der Waals surface area contributed by atoms with Crippen LogP contribution in [0.25, 0.3) is 0 Å². The molecule has 0 aromatic heterocycles. The number of hydrogen-bond donors (Lipinski definition) is 1. The lowest BCUT2D eigenvalue weighted by molar-refractivity contribution is -0.0168. The Morgan fingerprint density at radius 1 is 1.27 bits per heavy atom. The summed E-state index contributed by atoms with van der Waals surface area (Å²) in [4.78, 5) is 0. The Morgan fingerprint density at radius 2 is 1.93 bits per heavy atom.